The molecule has 3 heteroatoms. The highest BCUT2D eigenvalue weighted by Gasteiger charge is 1.98. The lowest BCUT2D eigenvalue weighted by atomic mass is 10.2. The molecule has 122 valence electrons. The van der Waals surface area contributed by atoms with E-state index in [9.17, 15) is 0 Å². The van der Waals surface area contributed by atoms with Crippen molar-refractivity contribution in [2.45, 2.75) is 13.0 Å². The molecule has 0 aliphatic heterocycles. The fourth-order valence-corrected chi connectivity index (χ4v) is 2.66. The van der Waals surface area contributed by atoms with Crippen molar-refractivity contribution in [3.63, 3.8) is 0 Å². The van der Waals surface area contributed by atoms with E-state index in [-0.39, 0.29) is 0 Å². The number of halogens is 1. The molecule has 2 nitrogen and oxygen atoms in total. The van der Waals surface area contributed by atoms with Crippen LogP contribution in [0.4, 0.5) is 5.69 Å². The average molecular weight is 338 g/mol. The van der Waals surface area contributed by atoms with Crippen LogP contribution in [0.15, 0.2) is 78.9 Å². The molecule has 0 saturated heterocycles. The van der Waals surface area contributed by atoms with Gasteiger partial charge in [0.05, 0.1) is 6.61 Å². The zero-order valence-corrected chi connectivity index (χ0v) is 14.2. The predicted octanol–water partition coefficient (Wildman–Crippen LogP) is 5.57. The van der Waals surface area contributed by atoms with Crippen LogP contribution in [0.5, 0.6) is 5.75 Å². The third-order valence-electron chi connectivity index (χ3n) is 3.74. The Balaban J connectivity index is 1.46. The van der Waals surface area contributed by atoms with Crippen LogP contribution in [-0.4, -0.2) is 6.61 Å². The van der Waals surface area contributed by atoms with Crippen LogP contribution in [-0.2, 0) is 13.0 Å². The fourth-order valence-electron chi connectivity index (χ4n) is 2.45. The molecule has 0 fully saturated rings. The molecular formula is C21H20ClNO. The van der Waals surface area contributed by atoms with E-state index >= 15 is 0 Å². The van der Waals surface area contributed by atoms with E-state index < -0.39 is 0 Å². The Hall–Kier alpha value is -2.45. The third-order valence-corrected chi connectivity index (χ3v) is 3.98. The van der Waals surface area contributed by atoms with Crippen LogP contribution < -0.4 is 10.1 Å². The lowest BCUT2D eigenvalue weighted by molar-refractivity contribution is 0.322. The molecule has 0 saturated carbocycles. The minimum atomic E-state index is 0.680. The molecule has 1 N–H and O–H groups in total. The topological polar surface area (TPSA) is 21.3 Å². The van der Waals surface area contributed by atoms with Crippen molar-refractivity contribution in [1.82, 2.24) is 0 Å². The van der Waals surface area contributed by atoms with Crippen molar-refractivity contribution in [1.29, 1.82) is 0 Å². The Bertz CT molecular complexity index is 756. The molecule has 0 aliphatic rings. The van der Waals surface area contributed by atoms with Gasteiger partial charge in [-0.3, -0.25) is 0 Å². The van der Waals surface area contributed by atoms with Crippen LogP contribution in [0.1, 0.15) is 11.1 Å². The maximum Gasteiger partial charge on any atom is 0.119 e. The standard InChI is InChI=1S/C21H20ClNO/c22-19-8-4-7-18(15-19)16-23-20-9-11-21(12-10-20)24-14-13-17-5-2-1-3-6-17/h1-12,15,23H,13-14,16H2. The van der Waals surface area contributed by atoms with Gasteiger partial charge in [-0.05, 0) is 47.5 Å². The smallest absolute Gasteiger partial charge is 0.119 e. The fraction of sp³-hybridized carbons (Fsp3) is 0.143. The highest BCUT2D eigenvalue weighted by atomic mass is 35.5. The van der Waals surface area contributed by atoms with Gasteiger partial charge in [0.2, 0.25) is 0 Å². The Morgan fingerprint density at radius 2 is 1.54 bits per heavy atom. The van der Waals surface area contributed by atoms with Gasteiger partial charge in [0, 0.05) is 23.7 Å². The summed E-state index contributed by atoms with van der Waals surface area (Å²) < 4.78 is 5.80. The lowest BCUT2D eigenvalue weighted by Crippen LogP contribution is -2.02. The van der Waals surface area contributed by atoms with Crippen LogP contribution >= 0.6 is 11.6 Å². The van der Waals surface area contributed by atoms with Crippen LogP contribution in [0.25, 0.3) is 0 Å². The van der Waals surface area contributed by atoms with E-state index in [1.54, 1.807) is 0 Å². The predicted molar refractivity (Wildman–Crippen MR) is 101 cm³/mol. The number of benzene rings is 3. The molecule has 0 aliphatic carbocycles. The van der Waals surface area contributed by atoms with Gasteiger partial charge < -0.3 is 10.1 Å². The van der Waals surface area contributed by atoms with E-state index in [1.807, 2.05) is 48.5 Å². The second-order valence-electron chi connectivity index (χ2n) is 5.59. The molecule has 0 atom stereocenters. The first-order valence-electron chi connectivity index (χ1n) is 8.05. The Morgan fingerprint density at radius 3 is 2.29 bits per heavy atom. The molecule has 3 aromatic rings. The largest absolute Gasteiger partial charge is 0.493 e. The summed E-state index contributed by atoms with van der Waals surface area (Å²) in [6.45, 7) is 1.42. The van der Waals surface area contributed by atoms with Gasteiger partial charge in [-0.25, -0.2) is 0 Å². The molecule has 3 aromatic carbocycles. The van der Waals surface area contributed by atoms with Crippen LogP contribution in [0, 0.1) is 0 Å². The Morgan fingerprint density at radius 1 is 0.792 bits per heavy atom. The van der Waals surface area contributed by atoms with E-state index in [0.717, 1.165) is 35.0 Å². The molecule has 0 bridgehead atoms. The number of ether oxygens (including phenoxy) is 1. The molecule has 3 rings (SSSR count). The van der Waals surface area contributed by atoms with Gasteiger partial charge in [-0.15, -0.1) is 0 Å². The SMILES string of the molecule is Clc1cccc(CNc2ccc(OCCc3ccccc3)cc2)c1. The molecule has 0 spiro atoms. The lowest BCUT2D eigenvalue weighted by Gasteiger charge is -2.09. The first kappa shape index (κ1) is 16.4. The van der Waals surface area contributed by atoms with Crippen molar-refractivity contribution in [3.8, 4) is 5.75 Å². The summed E-state index contributed by atoms with van der Waals surface area (Å²) in [5.74, 6) is 0.888. The van der Waals surface area contributed by atoms with Crippen molar-refractivity contribution >= 4 is 17.3 Å². The quantitative estimate of drug-likeness (QED) is 0.608. The van der Waals surface area contributed by atoms with E-state index in [0.29, 0.717) is 6.61 Å². The van der Waals surface area contributed by atoms with E-state index in [1.165, 1.54) is 5.56 Å². The maximum absolute atomic E-state index is 6.00. The highest BCUT2D eigenvalue weighted by Crippen LogP contribution is 2.18. The zero-order valence-electron chi connectivity index (χ0n) is 13.4. The van der Waals surface area contributed by atoms with Crippen molar-refractivity contribution < 1.29 is 4.74 Å². The minimum absolute atomic E-state index is 0.680. The van der Waals surface area contributed by atoms with Crippen LogP contribution in [0.3, 0.4) is 0 Å². The second kappa shape index (κ2) is 8.42. The van der Waals surface area contributed by atoms with Crippen LogP contribution in [0.2, 0.25) is 5.02 Å². The first-order valence-corrected chi connectivity index (χ1v) is 8.42. The summed E-state index contributed by atoms with van der Waals surface area (Å²) in [4.78, 5) is 0. The van der Waals surface area contributed by atoms with Gasteiger partial charge in [0.25, 0.3) is 0 Å². The average Bonchev–Trinajstić information content (AvgIpc) is 2.62. The van der Waals surface area contributed by atoms with Gasteiger partial charge in [0.15, 0.2) is 0 Å². The number of rotatable bonds is 7. The monoisotopic (exact) mass is 337 g/mol. The van der Waals surface area contributed by atoms with Gasteiger partial charge in [-0.2, -0.15) is 0 Å². The summed E-state index contributed by atoms with van der Waals surface area (Å²) in [6.07, 6.45) is 0.912. The molecule has 0 heterocycles. The number of hydrogen-bond donors (Lipinski definition) is 1. The van der Waals surface area contributed by atoms with E-state index in [4.69, 9.17) is 16.3 Å². The molecule has 24 heavy (non-hydrogen) atoms. The van der Waals surface area contributed by atoms with Crippen molar-refractivity contribution in [2.24, 2.45) is 0 Å². The number of hydrogen-bond acceptors (Lipinski definition) is 2. The highest BCUT2D eigenvalue weighted by molar-refractivity contribution is 6.30. The van der Waals surface area contributed by atoms with Gasteiger partial charge in [-0.1, -0.05) is 54.1 Å². The first-order chi connectivity index (χ1) is 11.8. The second-order valence-corrected chi connectivity index (χ2v) is 6.03. The number of nitrogens with one attached hydrogen (secondary N) is 1. The normalized spacial score (nSPS) is 10.4. The number of anilines is 1. The van der Waals surface area contributed by atoms with Gasteiger partial charge >= 0.3 is 0 Å². The summed E-state index contributed by atoms with van der Waals surface area (Å²) in [5, 5.41) is 4.14. The molecule has 0 radical (unpaired) electrons. The summed E-state index contributed by atoms with van der Waals surface area (Å²) >= 11 is 6.00. The molecule has 0 unspecified atom stereocenters. The van der Waals surface area contributed by atoms with Crippen molar-refractivity contribution in [3.05, 3.63) is 95.0 Å². The third kappa shape index (κ3) is 5.04. The Kier molecular flexibility index (Phi) is 5.75. The maximum atomic E-state index is 6.00. The van der Waals surface area contributed by atoms with E-state index in [2.05, 4.69) is 35.6 Å². The Labute approximate surface area is 148 Å². The van der Waals surface area contributed by atoms with Gasteiger partial charge in [0.1, 0.15) is 5.75 Å². The zero-order chi connectivity index (χ0) is 16.6. The summed E-state index contributed by atoms with van der Waals surface area (Å²) in [7, 11) is 0. The molecule has 0 aromatic heterocycles. The molecular weight excluding hydrogens is 318 g/mol. The summed E-state index contributed by atoms with van der Waals surface area (Å²) in [5.41, 5.74) is 3.51. The molecule has 0 amide bonds. The minimum Gasteiger partial charge on any atom is -0.493 e. The summed E-state index contributed by atoms with van der Waals surface area (Å²) in [6, 6.07) is 26.3. The van der Waals surface area contributed by atoms with Crippen molar-refractivity contribution in [2.75, 3.05) is 11.9 Å².